The van der Waals surface area contributed by atoms with Crippen molar-refractivity contribution in [2.45, 2.75) is 0 Å². The van der Waals surface area contributed by atoms with Crippen molar-refractivity contribution in [3.8, 4) is 0 Å². The lowest BCUT2D eigenvalue weighted by molar-refractivity contribution is 0.103. The van der Waals surface area contributed by atoms with Gasteiger partial charge >= 0.3 is 0 Å². The summed E-state index contributed by atoms with van der Waals surface area (Å²) in [5.41, 5.74) is 0.733. The SMILES string of the molecule is O=C(Nc1ccccc1Br)c1sccc1Cl. The van der Waals surface area contributed by atoms with E-state index in [0.717, 1.165) is 10.2 Å². The monoisotopic (exact) mass is 315 g/mol. The second-order valence-corrected chi connectivity index (χ2v) is 5.21. The van der Waals surface area contributed by atoms with Crippen LogP contribution in [0.25, 0.3) is 0 Å². The number of halogens is 2. The quantitative estimate of drug-likeness (QED) is 0.873. The molecule has 0 saturated carbocycles. The third-order valence-corrected chi connectivity index (χ3v) is 3.98. The highest BCUT2D eigenvalue weighted by Gasteiger charge is 2.12. The molecule has 0 unspecified atom stereocenters. The first-order valence-corrected chi connectivity index (χ1v) is 6.52. The summed E-state index contributed by atoms with van der Waals surface area (Å²) in [6.07, 6.45) is 0. The van der Waals surface area contributed by atoms with Crippen LogP contribution in [0.15, 0.2) is 40.2 Å². The molecule has 0 saturated heterocycles. The van der Waals surface area contributed by atoms with E-state index >= 15 is 0 Å². The normalized spacial score (nSPS) is 10.1. The number of amides is 1. The number of hydrogen-bond acceptors (Lipinski definition) is 2. The maximum Gasteiger partial charge on any atom is 0.267 e. The molecule has 0 radical (unpaired) electrons. The van der Waals surface area contributed by atoms with Crippen LogP contribution < -0.4 is 5.32 Å². The molecule has 1 heterocycles. The molecule has 1 N–H and O–H groups in total. The molecule has 0 aliphatic carbocycles. The minimum absolute atomic E-state index is 0.188. The number of nitrogens with one attached hydrogen (secondary N) is 1. The van der Waals surface area contributed by atoms with Gasteiger partial charge in [0.05, 0.1) is 10.7 Å². The number of carbonyl (C=O) groups excluding carboxylic acids is 1. The highest BCUT2D eigenvalue weighted by molar-refractivity contribution is 9.10. The number of rotatable bonds is 2. The van der Waals surface area contributed by atoms with Gasteiger partial charge in [0.15, 0.2) is 0 Å². The predicted molar refractivity (Wildman–Crippen MR) is 71.4 cm³/mol. The molecule has 2 aromatic rings. The van der Waals surface area contributed by atoms with Crippen LogP contribution in [-0.2, 0) is 0 Å². The minimum atomic E-state index is -0.188. The minimum Gasteiger partial charge on any atom is -0.320 e. The topological polar surface area (TPSA) is 29.1 Å². The highest BCUT2D eigenvalue weighted by atomic mass is 79.9. The van der Waals surface area contributed by atoms with Crippen molar-refractivity contribution in [2.75, 3.05) is 5.32 Å². The fraction of sp³-hybridized carbons (Fsp3) is 0. The van der Waals surface area contributed by atoms with Crippen molar-refractivity contribution in [2.24, 2.45) is 0 Å². The van der Waals surface area contributed by atoms with Crippen molar-refractivity contribution < 1.29 is 4.79 Å². The van der Waals surface area contributed by atoms with Crippen LogP contribution in [0.2, 0.25) is 5.02 Å². The second-order valence-electron chi connectivity index (χ2n) is 3.03. The lowest BCUT2D eigenvalue weighted by Crippen LogP contribution is -2.10. The molecular weight excluding hydrogens is 310 g/mol. The average Bonchev–Trinajstić information content (AvgIpc) is 2.68. The summed E-state index contributed by atoms with van der Waals surface area (Å²) in [7, 11) is 0. The highest BCUT2D eigenvalue weighted by Crippen LogP contribution is 2.26. The first-order valence-electron chi connectivity index (χ1n) is 4.47. The van der Waals surface area contributed by atoms with Crippen LogP contribution in [0.4, 0.5) is 5.69 Å². The van der Waals surface area contributed by atoms with Gasteiger partial charge < -0.3 is 5.32 Å². The summed E-state index contributed by atoms with van der Waals surface area (Å²) in [5, 5.41) is 5.06. The third kappa shape index (κ3) is 2.45. The van der Waals surface area contributed by atoms with Crippen LogP contribution in [0.5, 0.6) is 0 Å². The summed E-state index contributed by atoms with van der Waals surface area (Å²) in [4.78, 5) is 12.4. The van der Waals surface area contributed by atoms with Gasteiger partial charge in [-0.15, -0.1) is 11.3 Å². The van der Waals surface area contributed by atoms with Gasteiger partial charge in [0.1, 0.15) is 4.88 Å². The van der Waals surface area contributed by atoms with Gasteiger partial charge in [-0.25, -0.2) is 0 Å². The second kappa shape index (κ2) is 4.99. The number of anilines is 1. The zero-order chi connectivity index (χ0) is 11.5. The fourth-order valence-electron chi connectivity index (χ4n) is 1.20. The molecular formula is C11H7BrClNOS. The molecule has 1 aromatic carbocycles. The molecule has 0 bridgehead atoms. The van der Waals surface area contributed by atoms with Gasteiger partial charge in [-0.2, -0.15) is 0 Å². The number of hydrogen-bond donors (Lipinski definition) is 1. The standard InChI is InChI=1S/C11H7BrClNOS/c12-7-3-1-2-4-9(7)14-11(15)10-8(13)5-6-16-10/h1-6H,(H,14,15). The molecule has 0 aliphatic rings. The Kier molecular flexibility index (Phi) is 3.63. The average molecular weight is 317 g/mol. The van der Waals surface area contributed by atoms with E-state index in [1.165, 1.54) is 11.3 Å². The molecule has 16 heavy (non-hydrogen) atoms. The maximum atomic E-state index is 11.8. The summed E-state index contributed by atoms with van der Waals surface area (Å²) < 4.78 is 0.844. The van der Waals surface area contributed by atoms with Crippen molar-refractivity contribution >= 4 is 50.5 Å². The number of carbonyl (C=O) groups is 1. The summed E-state index contributed by atoms with van der Waals surface area (Å²) in [6.45, 7) is 0. The Morgan fingerprint density at radius 2 is 2.06 bits per heavy atom. The van der Waals surface area contributed by atoms with Gasteiger partial charge in [0, 0.05) is 4.47 Å². The van der Waals surface area contributed by atoms with E-state index in [-0.39, 0.29) is 5.91 Å². The molecule has 2 rings (SSSR count). The van der Waals surface area contributed by atoms with Crippen molar-refractivity contribution in [1.82, 2.24) is 0 Å². The zero-order valence-corrected chi connectivity index (χ0v) is 11.2. The van der Waals surface area contributed by atoms with Crippen LogP contribution in [-0.4, -0.2) is 5.91 Å². The number of thiophene rings is 1. The Hall–Kier alpha value is -0.840. The lowest BCUT2D eigenvalue weighted by atomic mass is 10.3. The fourth-order valence-corrected chi connectivity index (χ4v) is 2.62. The first kappa shape index (κ1) is 11.6. The molecule has 0 atom stereocenters. The molecule has 82 valence electrons. The van der Waals surface area contributed by atoms with Crippen LogP contribution in [0, 0.1) is 0 Å². The van der Waals surface area contributed by atoms with Crippen LogP contribution in [0.3, 0.4) is 0 Å². The van der Waals surface area contributed by atoms with Crippen molar-refractivity contribution in [1.29, 1.82) is 0 Å². The van der Waals surface area contributed by atoms with E-state index in [2.05, 4.69) is 21.2 Å². The largest absolute Gasteiger partial charge is 0.320 e. The van der Waals surface area contributed by atoms with Gasteiger partial charge in [0.25, 0.3) is 5.91 Å². The smallest absolute Gasteiger partial charge is 0.267 e. The lowest BCUT2D eigenvalue weighted by Gasteiger charge is -2.05. The van der Waals surface area contributed by atoms with Gasteiger partial charge in [-0.05, 0) is 39.5 Å². The Balaban J connectivity index is 2.21. The summed E-state index contributed by atoms with van der Waals surface area (Å²) in [5.74, 6) is -0.188. The number of para-hydroxylation sites is 1. The van der Waals surface area contributed by atoms with E-state index in [1.807, 2.05) is 24.3 Å². The van der Waals surface area contributed by atoms with E-state index in [1.54, 1.807) is 11.4 Å². The predicted octanol–water partition coefficient (Wildman–Crippen LogP) is 4.42. The van der Waals surface area contributed by atoms with Gasteiger partial charge in [-0.1, -0.05) is 23.7 Å². The molecule has 0 spiro atoms. The van der Waals surface area contributed by atoms with Crippen LogP contribution >= 0.6 is 38.9 Å². The molecule has 1 amide bonds. The van der Waals surface area contributed by atoms with E-state index in [4.69, 9.17) is 11.6 Å². The Labute approximate surface area is 110 Å². The summed E-state index contributed by atoms with van der Waals surface area (Å²) >= 11 is 10.6. The first-order chi connectivity index (χ1) is 7.68. The van der Waals surface area contributed by atoms with E-state index < -0.39 is 0 Å². The molecule has 2 nitrogen and oxygen atoms in total. The van der Waals surface area contributed by atoms with Gasteiger partial charge in [-0.3, -0.25) is 4.79 Å². The molecule has 5 heteroatoms. The molecule has 1 aromatic heterocycles. The van der Waals surface area contributed by atoms with Crippen molar-refractivity contribution in [3.63, 3.8) is 0 Å². The third-order valence-electron chi connectivity index (χ3n) is 1.95. The summed E-state index contributed by atoms with van der Waals surface area (Å²) in [6, 6.07) is 9.14. The maximum absolute atomic E-state index is 11.8. The van der Waals surface area contributed by atoms with E-state index in [9.17, 15) is 4.79 Å². The number of benzene rings is 1. The van der Waals surface area contributed by atoms with E-state index in [0.29, 0.717) is 9.90 Å². The Bertz CT molecular complexity index is 526. The molecule has 0 fully saturated rings. The Morgan fingerprint density at radius 3 is 2.69 bits per heavy atom. The zero-order valence-electron chi connectivity index (χ0n) is 8.04. The molecule has 0 aliphatic heterocycles. The van der Waals surface area contributed by atoms with Crippen molar-refractivity contribution in [3.05, 3.63) is 50.1 Å². The Morgan fingerprint density at radius 1 is 1.31 bits per heavy atom. The van der Waals surface area contributed by atoms with Crippen LogP contribution in [0.1, 0.15) is 9.67 Å². The van der Waals surface area contributed by atoms with Gasteiger partial charge in [0.2, 0.25) is 0 Å².